The third-order valence-corrected chi connectivity index (χ3v) is 20.9. The largest absolute Gasteiger partial charge is 0.490 e. The Balaban J connectivity index is 0.850. The van der Waals surface area contributed by atoms with Crippen molar-refractivity contribution in [3.63, 3.8) is 0 Å². The Kier molecular flexibility index (Phi) is 13.4. The minimum Gasteiger partial charge on any atom is -0.490 e. The molecule has 0 spiro atoms. The van der Waals surface area contributed by atoms with Gasteiger partial charge in [0.05, 0.1) is 19.3 Å². The fourth-order valence-corrected chi connectivity index (χ4v) is 15.4. The lowest BCUT2D eigenvalue weighted by molar-refractivity contribution is -0.101. The topological polar surface area (TPSA) is 80.4 Å². The zero-order valence-corrected chi connectivity index (χ0v) is 51.9. The molecule has 0 radical (unpaired) electrons. The van der Waals surface area contributed by atoms with Gasteiger partial charge in [0, 0.05) is 52.0 Å². The van der Waals surface area contributed by atoms with Gasteiger partial charge in [-0.1, -0.05) is 98.8 Å². The standard InChI is InChI=1S/C77H78O8/c1-15-77(16-2,35-53-36-78-53)83-60-32-28-56-64(48(60)12)40(4)44(8)74-70(56)68(52-25-21-18-22-26-52)72-58-30-34-62(50(14)66(58)42(6)46(10)76(72)82-74)85-84-61-33-29-57-65(49(61)13)41(5)45(9)75-71(57)67(51-23-19-17-20-24-51)69-55-27-31-59(80-38-54-37-79-54)47(11)63(55)39(3)43(7)73(69)81-75/h17-34,53-54,67-68,70,74H,15-16,35-38H2,1-14H3. The van der Waals surface area contributed by atoms with E-state index in [1.54, 1.807) is 0 Å². The van der Waals surface area contributed by atoms with Crippen LogP contribution in [0.25, 0.3) is 37.9 Å². The Bertz CT molecular complexity index is 4270. The second-order valence-corrected chi connectivity index (χ2v) is 25.3. The van der Waals surface area contributed by atoms with Crippen molar-refractivity contribution >= 4 is 37.9 Å². The third-order valence-electron chi connectivity index (χ3n) is 20.9. The molecule has 8 nitrogen and oxygen atoms in total. The molecule has 4 aliphatic heterocycles. The van der Waals surface area contributed by atoms with Gasteiger partial charge >= 0.3 is 0 Å². The van der Waals surface area contributed by atoms with Gasteiger partial charge < -0.3 is 28.4 Å². The van der Waals surface area contributed by atoms with Gasteiger partial charge in [-0.05, 0) is 230 Å². The van der Waals surface area contributed by atoms with E-state index in [0.717, 1.165) is 127 Å². The van der Waals surface area contributed by atoms with Gasteiger partial charge in [-0.3, -0.25) is 9.78 Å². The third kappa shape index (κ3) is 8.66. The van der Waals surface area contributed by atoms with Crippen LogP contribution < -0.4 is 28.7 Å². The molecule has 6 atom stereocenters. The summed E-state index contributed by atoms with van der Waals surface area (Å²) in [4.78, 5) is 13.2. The normalized spacial score (nSPS) is 20.0. The van der Waals surface area contributed by atoms with Crippen molar-refractivity contribution in [3.8, 4) is 40.2 Å². The van der Waals surface area contributed by atoms with Crippen molar-refractivity contribution in [2.75, 3.05) is 19.8 Å². The Labute approximate surface area is 500 Å². The summed E-state index contributed by atoms with van der Waals surface area (Å²) in [7, 11) is 0. The van der Waals surface area contributed by atoms with Gasteiger partial charge in [-0.15, -0.1) is 0 Å². The minimum atomic E-state index is -0.283. The number of ether oxygens (including phenoxy) is 6. The Morgan fingerprint density at radius 3 is 1.48 bits per heavy atom. The molecule has 0 amide bonds. The van der Waals surface area contributed by atoms with Gasteiger partial charge in [0.1, 0.15) is 53.2 Å². The lowest BCUT2D eigenvalue weighted by Crippen LogP contribution is -2.40. The van der Waals surface area contributed by atoms with Crippen LogP contribution in [0, 0.1) is 69.2 Å². The van der Waals surface area contributed by atoms with E-state index in [1.807, 2.05) is 0 Å². The van der Waals surface area contributed by atoms with Gasteiger partial charge in [-0.25, -0.2) is 0 Å². The lowest BCUT2D eigenvalue weighted by atomic mass is 9.64. The molecule has 9 aromatic carbocycles. The highest BCUT2D eigenvalue weighted by atomic mass is 17.2. The van der Waals surface area contributed by atoms with E-state index in [-0.39, 0.29) is 41.7 Å². The molecular weight excluding hydrogens is 1050 g/mol. The molecular formula is C77H78O8. The molecule has 85 heavy (non-hydrogen) atoms. The molecule has 0 bridgehead atoms. The average Bonchev–Trinajstić information content (AvgIpc) is 1.70. The highest BCUT2D eigenvalue weighted by Crippen LogP contribution is 2.60. The van der Waals surface area contributed by atoms with E-state index >= 15 is 0 Å². The van der Waals surface area contributed by atoms with E-state index in [2.05, 4.69) is 206 Å². The van der Waals surface area contributed by atoms with Crippen LogP contribution in [0.3, 0.4) is 0 Å². The van der Waals surface area contributed by atoms with Gasteiger partial charge in [0.15, 0.2) is 11.5 Å². The summed E-state index contributed by atoms with van der Waals surface area (Å²) in [5.74, 6) is 5.87. The summed E-state index contributed by atoms with van der Waals surface area (Å²) < 4.78 is 39.6. The Hall–Kier alpha value is -7.78. The number of fused-ring (bicyclic) bond motifs is 12. The summed E-state index contributed by atoms with van der Waals surface area (Å²) in [5, 5.41) is 6.96. The number of epoxide rings is 2. The lowest BCUT2D eigenvalue weighted by Gasteiger charge is -2.46. The summed E-state index contributed by atoms with van der Waals surface area (Å²) in [6, 6.07) is 39.6. The molecule has 5 aliphatic rings. The van der Waals surface area contributed by atoms with Crippen LogP contribution in [-0.4, -0.2) is 43.7 Å². The number of hydrogen-bond acceptors (Lipinski definition) is 8. The first kappa shape index (κ1) is 55.1. The van der Waals surface area contributed by atoms with Crippen LogP contribution in [0.1, 0.15) is 159 Å². The first-order valence-electron chi connectivity index (χ1n) is 30.9. The maximum atomic E-state index is 7.49. The number of benzene rings is 9. The van der Waals surface area contributed by atoms with Crippen molar-refractivity contribution in [2.45, 2.75) is 158 Å². The van der Waals surface area contributed by atoms with Crippen molar-refractivity contribution < 1.29 is 38.2 Å². The monoisotopic (exact) mass is 1130 g/mol. The molecule has 1 aliphatic carbocycles. The minimum absolute atomic E-state index is 0.00348. The van der Waals surface area contributed by atoms with Crippen molar-refractivity contribution in [3.05, 3.63) is 209 Å². The maximum Gasteiger partial charge on any atom is 0.182 e. The molecule has 0 N–H and O–H groups in total. The van der Waals surface area contributed by atoms with Crippen molar-refractivity contribution in [1.82, 2.24) is 0 Å². The predicted molar refractivity (Wildman–Crippen MR) is 342 cm³/mol. The van der Waals surface area contributed by atoms with Crippen molar-refractivity contribution in [1.29, 1.82) is 0 Å². The zero-order valence-electron chi connectivity index (χ0n) is 51.9. The number of aryl methyl sites for hydroxylation is 6. The molecule has 14 rings (SSSR count). The van der Waals surface area contributed by atoms with Crippen LogP contribution in [0.4, 0.5) is 0 Å². The van der Waals surface area contributed by atoms with E-state index in [1.165, 1.54) is 72.0 Å². The summed E-state index contributed by atoms with van der Waals surface area (Å²) in [5.41, 5.74) is 22.1. The molecule has 434 valence electrons. The summed E-state index contributed by atoms with van der Waals surface area (Å²) >= 11 is 0. The Morgan fingerprint density at radius 2 is 0.953 bits per heavy atom. The molecule has 0 aromatic heterocycles. The fraction of sp³-hybridized carbons (Fsp3) is 0.351. The van der Waals surface area contributed by atoms with E-state index in [4.69, 9.17) is 38.2 Å². The maximum absolute atomic E-state index is 7.49. The predicted octanol–water partition coefficient (Wildman–Crippen LogP) is 18.9. The summed E-state index contributed by atoms with van der Waals surface area (Å²) in [6.07, 6.45) is 3.03. The van der Waals surface area contributed by atoms with Crippen molar-refractivity contribution in [2.24, 2.45) is 0 Å². The highest BCUT2D eigenvalue weighted by Gasteiger charge is 2.48. The first-order valence-corrected chi connectivity index (χ1v) is 30.9. The van der Waals surface area contributed by atoms with Crippen LogP contribution in [-0.2, 0) is 9.47 Å². The van der Waals surface area contributed by atoms with E-state index in [9.17, 15) is 0 Å². The molecule has 2 fully saturated rings. The SMILES string of the molecule is CCC(CC)(CC1CO1)Oc1ccc2c(c1C)C(C)=C(C)C1Oc3c(C)c(C)c4c(C)c(OOc5ccc6c7c(c(C)c(C)c6c5C)Oc5c(C)c(C)c6c(C)c(OCC8CO8)ccc6c5C7c5ccccc5)ccc4c3C(c3ccccc3)C21. The number of hydrogen-bond donors (Lipinski definition) is 0. The second kappa shape index (κ2) is 20.7. The smallest absolute Gasteiger partial charge is 0.182 e. The van der Waals surface area contributed by atoms with Gasteiger partial charge in [-0.2, -0.15) is 0 Å². The van der Waals surface area contributed by atoms with Gasteiger partial charge in [0.25, 0.3) is 0 Å². The molecule has 4 heterocycles. The zero-order chi connectivity index (χ0) is 59.1. The number of rotatable bonds is 14. The second-order valence-electron chi connectivity index (χ2n) is 25.3. The Morgan fingerprint density at radius 1 is 0.471 bits per heavy atom. The van der Waals surface area contributed by atoms with E-state index < -0.39 is 0 Å². The van der Waals surface area contributed by atoms with Crippen LogP contribution in [0.15, 0.2) is 115 Å². The summed E-state index contributed by atoms with van der Waals surface area (Å²) in [6.45, 7) is 33.2. The van der Waals surface area contributed by atoms with Crippen LogP contribution in [0.5, 0.6) is 40.2 Å². The molecule has 2 saturated heterocycles. The van der Waals surface area contributed by atoms with Gasteiger partial charge in [0.2, 0.25) is 0 Å². The fourth-order valence-electron chi connectivity index (χ4n) is 15.4. The molecule has 8 heteroatoms. The quantitative estimate of drug-likeness (QED) is 0.0605. The molecule has 9 aromatic rings. The highest BCUT2D eigenvalue weighted by molar-refractivity contribution is 6.02. The number of allylic oxidation sites excluding steroid dienone is 1. The van der Waals surface area contributed by atoms with Crippen LogP contribution >= 0.6 is 0 Å². The first-order chi connectivity index (χ1) is 41.0. The van der Waals surface area contributed by atoms with Crippen LogP contribution in [0.2, 0.25) is 0 Å². The van der Waals surface area contributed by atoms with E-state index in [0.29, 0.717) is 18.1 Å². The average molecular weight is 1130 g/mol. The molecule has 6 unspecified atom stereocenters. The molecule has 0 saturated carbocycles.